The van der Waals surface area contributed by atoms with Gasteiger partial charge in [-0.25, -0.2) is 9.37 Å². The summed E-state index contributed by atoms with van der Waals surface area (Å²) >= 11 is 0. The number of halogens is 1. The molecule has 0 radical (unpaired) electrons. The second-order valence-electron chi connectivity index (χ2n) is 9.85. The number of nitrogens with one attached hydrogen (secondary N) is 4. The average Bonchev–Trinajstić information content (AvgIpc) is 3.52. The standard InChI is InChI=1S/C27H30FN9/c1-37(2)10-9-30-19-12-17(11-18(28)13-19)24-26-21(5-8-31-24)33-27(34-26)25-20-14-22(16-3-6-29-7-4-16)32-15-23(20)35-36-25/h5,8,11-16,29-30H,3-4,6-7,9-10H2,1-2H3,(H,33,34)(H,35,36). The minimum absolute atomic E-state index is 0.323. The number of nitrogens with zero attached hydrogens (tertiary/aromatic N) is 5. The number of likely N-dealkylation sites (N-methyl/N-ethyl adjacent to an activating group) is 1. The zero-order valence-corrected chi connectivity index (χ0v) is 21.0. The van der Waals surface area contributed by atoms with Gasteiger partial charge in [-0.05, 0) is 70.4 Å². The summed E-state index contributed by atoms with van der Waals surface area (Å²) in [5.41, 5.74) is 6.17. The van der Waals surface area contributed by atoms with Gasteiger partial charge in [-0.3, -0.25) is 15.1 Å². The van der Waals surface area contributed by atoms with Crippen LogP contribution in [-0.4, -0.2) is 75.3 Å². The molecule has 4 aromatic heterocycles. The fourth-order valence-corrected chi connectivity index (χ4v) is 4.97. The van der Waals surface area contributed by atoms with Crippen LogP contribution in [0.25, 0.3) is 44.7 Å². The fraction of sp³-hybridized carbons (Fsp3) is 0.333. The van der Waals surface area contributed by atoms with Crippen molar-refractivity contribution in [2.45, 2.75) is 18.8 Å². The van der Waals surface area contributed by atoms with E-state index in [1.807, 2.05) is 32.4 Å². The molecule has 0 atom stereocenters. The van der Waals surface area contributed by atoms with E-state index in [9.17, 15) is 4.39 Å². The molecule has 1 aliphatic heterocycles. The van der Waals surface area contributed by atoms with Crippen molar-refractivity contribution in [3.8, 4) is 22.8 Å². The summed E-state index contributed by atoms with van der Waals surface area (Å²) in [5, 5.41) is 15.3. The number of aromatic nitrogens is 6. The summed E-state index contributed by atoms with van der Waals surface area (Å²) in [6.45, 7) is 3.57. The molecule has 0 saturated carbocycles. The second-order valence-corrected chi connectivity index (χ2v) is 9.85. The lowest BCUT2D eigenvalue weighted by Gasteiger charge is -2.21. The van der Waals surface area contributed by atoms with E-state index < -0.39 is 0 Å². The summed E-state index contributed by atoms with van der Waals surface area (Å²) in [6.07, 6.45) is 5.72. The number of fused-ring (bicyclic) bond motifs is 2. The Morgan fingerprint density at radius 2 is 1.92 bits per heavy atom. The molecule has 10 heteroatoms. The number of hydrogen-bond acceptors (Lipinski definition) is 7. The molecule has 1 fully saturated rings. The lowest BCUT2D eigenvalue weighted by atomic mass is 9.93. The predicted molar refractivity (Wildman–Crippen MR) is 144 cm³/mol. The highest BCUT2D eigenvalue weighted by atomic mass is 19.1. The van der Waals surface area contributed by atoms with Gasteiger partial charge in [-0.1, -0.05) is 0 Å². The van der Waals surface area contributed by atoms with Crippen LogP contribution in [0.5, 0.6) is 0 Å². The van der Waals surface area contributed by atoms with Crippen molar-refractivity contribution in [3.63, 3.8) is 0 Å². The van der Waals surface area contributed by atoms with Gasteiger partial charge >= 0.3 is 0 Å². The molecule has 0 bridgehead atoms. The van der Waals surface area contributed by atoms with Crippen LogP contribution in [0, 0.1) is 5.82 Å². The van der Waals surface area contributed by atoms with Gasteiger partial charge in [0.05, 0.1) is 22.9 Å². The van der Waals surface area contributed by atoms with Gasteiger partial charge < -0.3 is 20.5 Å². The largest absolute Gasteiger partial charge is 0.384 e. The molecule has 0 aliphatic carbocycles. The molecule has 37 heavy (non-hydrogen) atoms. The lowest BCUT2D eigenvalue weighted by molar-refractivity contribution is 0.425. The van der Waals surface area contributed by atoms with Crippen molar-refractivity contribution in [1.29, 1.82) is 0 Å². The Kier molecular flexibility index (Phi) is 6.27. The Labute approximate surface area is 213 Å². The molecule has 5 heterocycles. The van der Waals surface area contributed by atoms with Crippen LogP contribution in [0.2, 0.25) is 0 Å². The van der Waals surface area contributed by atoms with Gasteiger partial charge in [0.1, 0.15) is 17.0 Å². The highest BCUT2D eigenvalue weighted by molar-refractivity contribution is 5.96. The molecule has 1 aliphatic rings. The monoisotopic (exact) mass is 499 g/mol. The van der Waals surface area contributed by atoms with Crippen molar-refractivity contribution in [1.82, 2.24) is 40.3 Å². The predicted octanol–water partition coefficient (Wildman–Crippen LogP) is 4.14. The summed E-state index contributed by atoms with van der Waals surface area (Å²) in [4.78, 5) is 19.6. The fourth-order valence-electron chi connectivity index (χ4n) is 4.97. The van der Waals surface area contributed by atoms with Crippen molar-refractivity contribution >= 4 is 27.6 Å². The molecule has 5 aromatic rings. The molecule has 0 unspecified atom stereocenters. The first-order chi connectivity index (χ1) is 18.0. The molecule has 0 amide bonds. The van der Waals surface area contributed by atoms with Crippen LogP contribution in [0.4, 0.5) is 10.1 Å². The maximum absolute atomic E-state index is 14.6. The zero-order valence-electron chi connectivity index (χ0n) is 21.0. The Morgan fingerprint density at radius 1 is 1.05 bits per heavy atom. The van der Waals surface area contributed by atoms with Crippen LogP contribution < -0.4 is 10.6 Å². The molecule has 6 rings (SSSR count). The molecule has 1 aromatic carbocycles. The first kappa shape index (κ1) is 23.5. The van der Waals surface area contributed by atoms with E-state index in [2.05, 4.69) is 41.8 Å². The van der Waals surface area contributed by atoms with Crippen LogP contribution >= 0.6 is 0 Å². The van der Waals surface area contributed by atoms with Crippen molar-refractivity contribution in [2.75, 3.05) is 45.6 Å². The number of piperidine rings is 1. The van der Waals surface area contributed by atoms with Gasteiger partial charge in [0.15, 0.2) is 5.82 Å². The van der Waals surface area contributed by atoms with E-state index in [0.717, 1.165) is 60.3 Å². The first-order valence-corrected chi connectivity index (χ1v) is 12.6. The first-order valence-electron chi connectivity index (χ1n) is 12.6. The molecule has 190 valence electrons. The summed E-state index contributed by atoms with van der Waals surface area (Å²) in [7, 11) is 4.01. The maximum Gasteiger partial charge on any atom is 0.159 e. The molecular formula is C27H30FN9. The van der Waals surface area contributed by atoms with Crippen LogP contribution in [0.3, 0.4) is 0 Å². The van der Waals surface area contributed by atoms with Crippen LogP contribution in [0.1, 0.15) is 24.5 Å². The van der Waals surface area contributed by atoms with E-state index in [1.54, 1.807) is 6.20 Å². The van der Waals surface area contributed by atoms with E-state index in [0.29, 0.717) is 40.7 Å². The van der Waals surface area contributed by atoms with Crippen molar-refractivity contribution in [3.05, 3.63) is 54.2 Å². The number of rotatable bonds is 7. The Hall–Kier alpha value is -3.89. The second kappa shape index (κ2) is 9.87. The van der Waals surface area contributed by atoms with Gasteiger partial charge in [0.2, 0.25) is 0 Å². The van der Waals surface area contributed by atoms with Crippen LogP contribution in [0.15, 0.2) is 42.7 Å². The third-order valence-corrected chi connectivity index (χ3v) is 6.91. The van der Waals surface area contributed by atoms with Crippen molar-refractivity contribution < 1.29 is 4.39 Å². The Morgan fingerprint density at radius 3 is 2.76 bits per heavy atom. The summed E-state index contributed by atoms with van der Waals surface area (Å²) in [6, 6.07) is 8.92. The Balaban J connectivity index is 1.37. The molecular weight excluding hydrogens is 469 g/mol. The Bertz CT molecular complexity index is 1550. The molecule has 0 spiro atoms. The van der Waals surface area contributed by atoms with Crippen LogP contribution in [-0.2, 0) is 0 Å². The van der Waals surface area contributed by atoms with Gasteiger partial charge in [0.25, 0.3) is 0 Å². The van der Waals surface area contributed by atoms with Crippen molar-refractivity contribution in [2.24, 2.45) is 0 Å². The SMILES string of the molecule is CN(C)CCNc1cc(F)cc(-c2nccc3[nH]c(-c4n[nH]c5cnc(C6CCNCC6)cc45)nc23)c1. The summed E-state index contributed by atoms with van der Waals surface area (Å²) in [5.74, 6) is 0.753. The number of anilines is 1. The number of pyridine rings is 2. The third-order valence-electron chi connectivity index (χ3n) is 6.91. The van der Waals surface area contributed by atoms with E-state index in [4.69, 9.17) is 9.97 Å². The maximum atomic E-state index is 14.6. The molecule has 9 nitrogen and oxygen atoms in total. The van der Waals surface area contributed by atoms with E-state index in [-0.39, 0.29) is 5.82 Å². The number of imidazole rings is 1. The molecule has 1 saturated heterocycles. The van der Waals surface area contributed by atoms with Gasteiger partial charge in [0, 0.05) is 47.5 Å². The normalized spacial score (nSPS) is 14.7. The third kappa shape index (κ3) is 4.77. The zero-order chi connectivity index (χ0) is 25.4. The number of hydrogen-bond donors (Lipinski definition) is 4. The number of aromatic amines is 2. The topological polar surface area (TPSA) is 110 Å². The highest BCUT2D eigenvalue weighted by Gasteiger charge is 2.20. The summed E-state index contributed by atoms with van der Waals surface area (Å²) < 4.78 is 14.6. The quantitative estimate of drug-likeness (QED) is 0.266. The minimum atomic E-state index is -0.323. The van der Waals surface area contributed by atoms with Gasteiger partial charge in [-0.15, -0.1) is 0 Å². The average molecular weight is 500 g/mol. The smallest absolute Gasteiger partial charge is 0.159 e. The minimum Gasteiger partial charge on any atom is -0.384 e. The number of H-pyrrole nitrogens is 2. The highest BCUT2D eigenvalue weighted by Crippen LogP contribution is 2.33. The van der Waals surface area contributed by atoms with E-state index in [1.165, 1.54) is 12.1 Å². The lowest BCUT2D eigenvalue weighted by Crippen LogP contribution is -2.27. The number of benzene rings is 1. The van der Waals surface area contributed by atoms with E-state index >= 15 is 0 Å². The molecule has 4 N–H and O–H groups in total. The van der Waals surface area contributed by atoms with Gasteiger partial charge in [-0.2, -0.15) is 5.10 Å².